The first-order valence-corrected chi connectivity index (χ1v) is 5.86. The van der Waals surface area contributed by atoms with Crippen molar-refractivity contribution in [1.29, 1.82) is 0 Å². The van der Waals surface area contributed by atoms with Crippen LogP contribution in [0.5, 0.6) is 0 Å². The van der Waals surface area contributed by atoms with Crippen molar-refractivity contribution >= 4 is 0 Å². The topological polar surface area (TPSA) is 38.0 Å². The van der Waals surface area contributed by atoms with Gasteiger partial charge in [-0.2, -0.15) is 0 Å². The molecule has 3 N–H and O–H groups in total. The highest BCUT2D eigenvalue weighted by Gasteiger charge is 2.23. The van der Waals surface area contributed by atoms with Gasteiger partial charge in [0.1, 0.15) is 0 Å². The fourth-order valence-electron chi connectivity index (χ4n) is 2.80. The minimum absolute atomic E-state index is 0.465. The molecule has 0 spiro atoms. The Bertz CT molecular complexity index is 152. The van der Waals surface area contributed by atoms with Gasteiger partial charge in [-0.3, -0.25) is 0 Å². The van der Waals surface area contributed by atoms with Crippen LogP contribution in [0.25, 0.3) is 0 Å². The molecule has 13 heavy (non-hydrogen) atoms. The lowest BCUT2D eigenvalue weighted by atomic mass is 9.91. The van der Waals surface area contributed by atoms with Crippen molar-refractivity contribution in [2.75, 3.05) is 0 Å². The van der Waals surface area contributed by atoms with Gasteiger partial charge in [0.2, 0.25) is 0 Å². The van der Waals surface area contributed by atoms with Crippen LogP contribution < -0.4 is 11.1 Å². The predicted octanol–water partition coefficient (Wildman–Crippen LogP) is 1.79. The van der Waals surface area contributed by atoms with Crippen LogP contribution in [0.1, 0.15) is 51.4 Å². The molecule has 2 rings (SSSR count). The van der Waals surface area contributed by atoms with Gasteiger partial charge in [-0.1, -0.05) is 19.3 Å². The van der Waals surface area contributed by atoms with Crippen molar-refractivity contribution in [2.24, 2.45) is 5.73 Å². The van der Waals surface area contributed by atoms with Crippen molar-refractivity contribution < 1.29 is 0 Å². The Kier molecular flexibility index (Phi) is 3.23. The summed E-state index contributed by atoms with van der Waals surface area (Å²) in [6, 6.07) is 2.01. The fraction of sp³-hybridized carbons (Fsp3) is 1.00. The number of nitrogens with two attached hydrogens (primary N) is 1. The van der Waals surface area contributed by atoms with Crippen LogP contribution >= 0.6 is 0 Å². The molecule has 0 heterocycles. The predicted molar refractivity (Wildman–Crippen MR) is 55.6 cm³/mol. The third-order valence-electron chi connectivity index (χ3n) is 3.54. The highest BCUT2D eigenvalue weighted by Crippen LogP contribution is 2.22. The van der Waals surface area contributed by atoms with E-state index < -0.39 is 0 Å². The number of hydrogen-bond donors (Lipinski definition) is 2. The maximum absolute atomic E-state index is 5.96. The number of nitrogens with one attached hydrogen (secondary N) is 1. The summed E-state index contributed by atoms with van der Waals surface area (Å²) in [5.41, 5.74) is 5.96. The van der Waals surface area contributed by atoms with E-state index in [-0.39, 0.29) is 0 Å². The zero-order chi connectivity index (χ0) is 9.10. The minimum atomic E-state index is 0.465. The van der Waals surface area contributed by atoms with Crippen molar-refractivity contribution in [3.63, 3.8) is 0 Å². The summed E-state index contributed by atoms with van der Waals surface area (Å²) in [5.74, 6) is 0. The van der Waals surface area contributed by atoms with Gasteiger partial charge in [0.15, 0.2) is 0 Å². The molecule has 0 aromatic rings. The molecule has 0 bridgehead atoms. The Labute approximate surface area is 81.3 Å². The molecular formula is C11H22N2. The van der Waals surface area contributed by atoms with Crippen LogP contribution in [0.3, 0.4) is 0 Å². The Balaban J connectivity index is 1.73. The molecule has 0 aromatic carbocycles. The van der Waals surface area contributed by atoms with E-state index in [1.54, 1.807) is 0 Å². The summed E-state index contributed by atoms with van der Waals surface area (Å²) >= 11 is 0. The van der Waals surface area contributed by atoms with Crippen molar-refractivity contribution in [2.45, 2.75) is 69.5 Å². The Morgan fingerprint density at radius 3 is 2.23 bits per heavy atom. The third-order valence-corrected chi connectivity index (χ3v) is 3.54. The van der Waals surface area contributed by atoms with E-state index in [2.05, 4.69) is 5.32 Å². The smallest absolute Gasteiger partial charge is 0.00843 e. The minimum Gasteiger partial charge on any atom is -0.328 e. The third kappa shape index (κ3) is 2.68. The molecule has 0 aliphatic heterocycles. The Morgan fingerprint density at radius 1 is 0.846 bits per heavy atom. The average molecular weight is 182 g/mol. The van der Waals surface area contributed by atoms with Gasteiger partial charge >= 0.3 is 0 Å². The van der Waals surface area contributed by atoms with Crippen LogP contribution in [0.4, 0.5) is 0 Å². The zero-order valence-electron chi connectivity index (χ0n) is 8.47. The lowest BCUT2D eigenvalue weighted by Crippen LogP contribution is -2.43. The molecule has 0 saturated heterocycles. The molecule has 0 aromatic heterocycles. The highest BCUT2D eigenvalue weighted by molar-refractivity contribution is 4.84. The molecule has 76 valence electrons. The Hall–Kier alpha value is -0.0800. The van der Waals surface area contributed by atoms with E-state index in [4.69, 9.17) is 5.73 Å². The second-order valence-electron chi connectivity index (χ2n) is 4.77. The maximum Gasteiger partial charge on any atom is 0.00843 e. The monoisotopic (exact) mass is 182 g/mol. The van der Waals surface area contributed by atoms with E-state index in [1.165, 1.54) is 51.4 Å². The van der Waals surface area contributed by atoms with Gasteiger partial charge < -0.3 is 11.1 Å². The first kappa shape index (κ1) is 9.47. The molecule has 2 aliphatic rings. The fourth-order valence-corrected chi connectivity index (χ4v) is 2.80. The second-order valence-corrected chi connectivity index (χ2v) is 4.77. The molecule has 0 radical (unpaired) electrons. The van der Waals surface area contributed by atoms with Crippen LogP contribution in [-0.2, 0) is 0 Å². The SMILES string of the molecule is NC1CCCC(NC2CCCC2)C1. The van der Waals surface area contributed by atoms with Gasteiger partial charge in [0.25, 0.3) is 0 Å². The normalized spacial score (nSPS) is 36.7. The average Bonchev–Trinajstić information content (AvgIpc) is 2.57. The molecule has 0 amide bonds. The summed E-state index contributed by atoms with van der Waals surface area (Å²) in [5, 5.41) is 3.77. The maximum atomic E-state index is 5.96. The summed E-state index contributed by atoms with van der Waals surface area (Å²) in [6.07, 6.45) is 10.8. The van der Waals surface area contributed by atoms with E-state index in [0.717, 1.165) is 12.1 Å². The number of hydrogen-bond acceptors (Lipinski definition) is 2. The molecule has 2 atom stereocenters. The Morgan fingerprint density at radius 2 is 1.54 bits per heavy atom. The lowest BCUT2D eigenvalue weighted by Gasteiger charge is -2.29. The first-order chi connectivity index (χ1) is 6.34. The summed E-state index contributed by atoms with van der Waals surface area (Å²) in [7, 11) is 0. The molecule has 2 heteroatoms. The largest absolute Gasteiger partial charge is 0.328 e. The summed E-state index contributed by atoms with van der Waals surface area (Å²) in [4.78, 5) is 0. The van der Waals surface area contributed by atoms with Gasteiger partial charge in [-0.15, -0.1) is 0 Å². The van der Waals surface area contributed by atoms with Crippen molar-refractivity contribution in [3.8, 4) is 0 Å². The van der Waals surface area contributed by atoms with E-state index >= 15 is 0 Å². The highest BCUT2D eigenvalue weighted by atomic mass is 15.0. The molecule has 2 aliphatic carbocycles. The quantitative estimate of drug-likeness (QED) is 0.683. The molecule has 2 fully saturated rings. The van der Waals surface area contributed by atoms with Gasteiger partial charge in [-0.05, 0) is 32.1 Å². The van der Waals surface area contributed by atoms with Crippen LogP contribution in [0.15, 0.2) is 0 Å². The summed E-state index contributed by atoms with van der Waals surface area (Å²) < 4.78 is 0. The van der Waals surface area contributed by atoms with Gasteiger partial charge in [-0.25, -0.2) is 0 Å². The molecular weight excluding hydrogens is 160 g/mol. The standard InChI is InChI=1S/C11H22N2/c12-9-4-3-7-11(8-9)13-10-5-1-2-6-10/h9-11,13H,1-8,12H2. The van der Waals surface area contributed by atoms with E-state index in [0.29, 0.717) is 6.04 Å². The lowest BCUT2D eigenvalue weighted by molar-refractivity contribution is 0.311. The van der Waals surface area contributed by atoms with Gasteiger partial charge in [0, 0.05) is 18.1 Å². The van der Waals surface area contributed by atoms with Crippen LogP contribution in [-0.4, -0.2) is 18.1 Å². The van der Waals surface area contributed by atoms with E-state index in [9.17, 15) is 0 Å². The molecule has 2 unspecified atom stereocenters. The first-order valence-electron chi connectivity index (χ1n) is 5.86. The molecule has 2 nitrogen and oxygen atoms in total. The van der Waals surface area contributed by atoms with Crippen molar-refractivity contribution in [3.05, 3.63) is 0 Å². The van der Waals surface area contributed by atoms with Crippen LogP contribution in [0, 0.1) is 0 Å². The molecule has 2 saturated carbocycles. The van der Waals surface area contributed by atoms with Crippen molar-refractivity contribution in [1.82, 2.24) is 5.32 Å². The zero-order valence-corrected chi connectivity index (χ0v) is 8.47. The summed E-state index contributed by atoms with van der Waals surface area (Å²) in [6.45, 7) is 0. The number of rotatable bonds is 2. The van der Waals surface area contributed by atoms with E-state index in [1.807, 2.05) is 0 Å². The van der Waals surface area contributed by atoms with Gasteiger partial charge in [0.05, 0.1) is 0 Å². The second kappa shape index (κ2) is 4.43. The van der Waals surface area contributed by atoms with Crippen LogP contribution in [0.2, 0.25) is 0 Å².